The van der Waals surface area contributed by atoms with Gasteiger partial charge in [-0.05, 0) is 49.3 Å². The van der Waals surface area contributed by atoms with Crippen molar-refractivity contribution in [3.05, 3.63) is 54.1 Å². The zero-order valence-electron chi connectivity index (χ0n) is 15.7. The molecule has 2 aromatic rings. The normalized spacial score (nSPS) is 12.7. The van der Waals surface area contributed by atoms with Gasteiger partial charge in [0.1, 0.15) is 10.6 Å². The second-order valence-corrected chi connectivity index (χ2v) is 13.9. The van der Waals surface area contributed by atoms with Crippen molar-refractivity contribution in [2.75, 3.05) is 0 Å². The van der Waals surface area contributed by atoms with Crippen molar-refractivity contribution in [3.8, 4) is 11.5 Å². The smallest absolute Gasteiger partial charge is 0.339 e. The van der Waals surface area contributed by atoms with Crippen molar-refractivity contribution < 1.29 is 17.0 Å². The summed E-state index contributed by atoms with van der Waals surface area (Å²) in [6, 6.07) is 13.5. The van der Waals surface area contributed by atoms with Gasteiger partial charge in [0.15, 0.2) is 5.75 Å². The van der Waals surface area contributed by atoms with Crippen molar-refractivity contribution >= 4 is 18.4 Å². The molecule has 0 saturated heterocycles. The van der Waals surface area contributed by atoms with Gasteiger partial charge in [-0.3, -0.25) is 0 Å². The van der Waals surface area contributed by atoms with E-state index in [-0.39, 0.29) is 15.7 Å². The fraction of sp³-hybridized carbons (Fsp3) is 0.368. The molecule has 25 heavy (non-hydrogen) atoms. The van der Waals surface area contributed by atoms with Gasteiger partial charge in [-0.25, -0.2) is 0 Å². The first kappa shape index (κ1) is 19.5. The molecule has 0 aliphatic rings. The fourth-order valence-corrected chi connectivity index (χ4v) is 3.87. The van der Waals surface area contributed by atoms with E-state index in [1.807, 2.05) is 13.0 Å². The van der Waals surface area contributed by atoms with Crippen LogP contribution < -0.4 is 8.61 Å². The van der Waals surface area contributed by atoms with Crippen molar-refractivity contribution in [2.45, 2.75) is 50.7 Å². The predicted molar refractivity (Wildman–Crippen MR) is 103 cm³/mol. The van der Waals surface area contributed by atoms with Crippen molar-refractivity contribution in [1.82, 2.24) is 0 Å². The molecule has 2 aromatic carbocycles. The molecule has 136 valence electrons. The van der Waals surface area contributed by atoms with Crippen LogP contribution in [0.25, 0.3) is 0 Å². The molecule has 0 aromatic heterocycles. The Labute approximate surface area is 152 Å². The summed E-state index contributed by atoms with van der Waals surface area (Å²) < 4.78 is 36.8. The molecule has 0 heterocycles. The summed E-state index contributed by atoms with van der Waals surface area (Å²) in [5, 5.41) is -0.00402. The minimum atomic E-state index is -3.91. The summed E-state index contributed by atoms with van der Waals surface area (Å²) in [6.07, 6.45) is 0. The Balaban J connectivity index is 2.34. The van der Waals surface area contributed by atoms with Gasteiger partial charge in [0, 0.05) is 0 Å². The Hall–Kier alpha value is -1.79. The summed E-state index contributed by atoms with van der Waals surface area (Å²) in [6.45, 7) is 12.5. The predicted octanol–water partition coefficient (Wildman–Crippen LogP) is 5.15. The van der Waals surface area contributed by atoms with Crippen LogP contribution in [0.1, 0.15) is 26.3 Å². The van der Waals surface area contributed by atoms with Gasteiger partial charge in [-0.15, -0.1) is 0 Å². The van der Waals surface area contributed by atoms with Gasteiger partial charge in [0.05, 0.1) is 0 Å². The van der Waals surface area contributed by atoms with Crippen LogP contribution in [0.3, 0.4) is 0 Å². The Morgan fingerprint density at radius 2 is 1.40 bits per heavy atom. The molecule has 0 fully saturated rings. The highest BCUT2D eigenvalue weighted by Gasteiger charge is 2.39. The Kier molecular flexibility index (Phi) is 5.34. The van der Waals surface area contributed by atoms with Crippen LogP contribution in [-0.4, -0.2) is 16.7 Å². The zero-order valence-corrected chi connectivity index (χ0v) is 17.5. The molecule has 0 spiro atoms. The fourth-order valence-electron chi connectivity index (χ4n) is 1.90. The lowest BCUT2D eigenvalue weighted by Gasteiger charge is -2.36. The highest BCUT2D eigenvalue weighted by atomic mass is 32.2. The van der Waals surface area contributed by atoms with E-state index < -0.39 is 18.4 Å². The molecule has 2 rings (SSSR count). The average Bonchev–Trinajstić information content (AvgIpc) is 2.48. The van der Waals surface area contributed by atoms with Gasteiger partial charge >= 0.3 is 10.1 Å². The number of para-hydroxylation sites is 2. The summed E-state index contributed by atoms with van der Waals surface area (Å²) in [4.78, 5) is 0.125. The lowest BCUT2D eigenvalue weighted by atomic mass is 10.2. The maximum atomic E-state index is 12.6. The quantitative estimate of drug-likeness (QED) is 0.533. The molecule has 0 atom stereocenters. The van der Waals surface area contributed by atoms with E-state index in [2.05, 4.69) is 33.9 Å². The van der Waals surface area contributed by atoms with Crippen LogP contribution in [0.5, 0.6) is 11.5 Å². The first-order chi connectivity index (χ1) is 11.4. The van der Waals surface area contributed by atoms with Crippen molar-refractivity contribution in [3.63, 3.8) is 0 Å². The van der Waals surface area contributed by atoms with Gasteiger partial charge in [-0.1, -0.05) is 50.6 Å². The summed E-state index contributed by atoms with van der Waals surface area (Å²) in [5.41, 5.74) is 0.987. The largest absolute Gasteiger partial charge is 0.541 e. The number of benzene rings is 2. The van der Waals surface area contributed by atoms with Crippen LogP contribution in [0.4, 0.5) is 0 Å². The average molecular weight is 379 g/mol. The second kappa shape index (κ2) is 6.84. The maximum Gasteiger partial charge on any atom is 0.339 e. The molecule has 0 saturated carbocycles. The SMILES string of the molecule is Cc1ccc(S(=O)(=O)Oc2ccccc2O[Si](C)(C)C(C)(C)C)cc1. The van der Waals surface area contributed by atoms with Gasteiger partial charge in [0.2, 0.25) is 0 Å². The number of hydrogen-bond acceptors (Lipinski definition) is 4. The molecule has 0 aliphatic heterocycles. The second-order valence-electron chi connectivity index (χ2n) is 7.66. The number of hydrogen-bond donors (Lipinski definition) is 0. The number of aryl methyl sites for hydroxylation is 1. The van der Waals surface area contributed by atoms with Crippen molar-refractivity contribution in [2.24, 2.45) is 0 Å². The highest BCUT2D eigenvalue weighted by molar-refractivity contribution is 7.87. The van der Waals surface area contributed by atoms with Crippen molar-refractivity contribution in [1.29, 1.82) is 0 Å². The van der Waals surface area contributed by atoms with Gasteiger partial charge < -0.3 is 8.61 Å². The third-order valence-corrected chi connectivity index (χ3v) is 10.1. The van der Waals surface area contributed by atoms with Crippen LogP contribution in [0.15, 0.2) is 53.4 Å². The van der Waals surface area contributed by atoms with E-state index in [1.54, 1.807) is 42.5 Å². The van der Waals surface area contributed by atoms with Gasteiger partial charge in [0.25, 0.3) is 8.32 Å². The summed E-state index contributed by atoms with van der Waals surface area (Å²) >= 11 is 0. The lowest BCUT2D eigenvalue weighted by Crippen LogP contribution is -2.43. The highest BCUT2D eigenvalue weighted by Crippen LogP contribution is 2.40. The molecule has 0 unspecified atom stereocenters. The molecule has 6 heteroatoms. The summed E-state index contributed by atoms with van der Waals surface area (Å²) in [7, 11) is -6.02. The first-order valence-electron chi connectivity index (χ1n) is 8.22. The van der Waals surface area contributed by atoms with E-state index in [9.17, 15) is 8.42 Å². The Bertz CT molecular complexity index is 834. The Morgan fingerprint density at radius 1 is 0.880 bits per heavy atom. The molecule has 0 aliphatic carbocycles. The van der Waals surface area contributed by atoms with Crippen LogP contribution in [-0.2, 0) is 10.1 Å². The zero-order chi connectivity index (χ0) is 18.9. The third kappa shape index (κ3) is 4.64. The lowest BCUT2D eigenvalue weighted by molar-refractivity contribution is 0.446. The number of rotatable bonds is 5. The molecule has 0 radical (unpaired) electrons. The molecule has 0 bridgehead atoms. The molecular formula is C19H26O4SSi. The molecule has 0 N–H and O–H groups in total. The molecule has 0 amide bonds. The van der Waals surface area contributed by atoms with E-state index in [1.165, 1.54) is 0 Å². The standard InChI is InChI=1S/C19H26O4SSi/c1-15-11-13-16(14-12-15)24(20,21)22-17-9-7-8-10-18(17)23-25(5,6)19(2,3)4/h7-14H,1-6H3. The minimum absolute atomic E-state index is 0.00402. The van der Waals surface area contributed by atoms with Gasteiger partial charge in [-0.2, -0.15) is 8.42 Å². The maximum absolute atomic E-state index is 12.6. The van der Waals surface area contributed by atoms with Crippen LogP contribution in [0.2, 0.25) is 18.1 Å². The monoisotopic (exact) mass is 378 g/mol. The topological polar surface area (TPSA) is 52.6 Å². The van der Waals surface area contributed by atoms with E-state index in [4.69, 9.17) is 8.61 Å². The first-order valence-corrected chi connectivity index (χ1v) is 12.5. The van der Waals surface area contributed by atoms with E-state index in [0.717, 1.165) is 5.56 Å². The molecular weight excluding hydrogens is 352 g/mol. The molecule has 4 nitrogen and oxygen atoms in total. The van der Waals surface area contributed by atoms with E-state index >= 15 is 0 Å². The summed E-state index contributed by atoms with van der Waals surface area (Å²) in [5.74, 6) is 0.678. The Morgan fingerprint density at radius 3 is 1.92 bits per heavy atom. The third-order valence-electron chi connectivity index (χ3n) is 4.53. The minimum Gasteiger partial charge on any atom is -0.541 e. The van der Waals surface area contributed by atoms with E-state index in [0.29, 0.717) is 5.75 Å². The van der Waals surface area contributed by atoms with Crippen LogP contribution >= 0.6 is 0 Å². The van der Waals surface area contributed by atoms with Crippen LogP contribution in [0, 0.1) is 6.92 Å².